The molecule has 2 heterocycles. The number of nitrogens with one attached hydrogen (secondary N) is 2. The molecule has 1 saturated heterocycles. The third-order valence-electron chi connectivity index (χ3n) is 2.99. The molecule has 1 fully saturated rings. The minimum atomic E-state index is 0.186. The van der Waals surface area contributed by atoms with Gasteiger partial charge in [0.05, 0.1) is 5.69 Å². The third kappa shape index (κ3) is 2.21. The molecule has 82 valence electrons. The fourth-order valence-electron chi connectivity index (χ4n) is 1.99. The van der Waals surface area contributed by atoms with Crippen molar-refractivity contribution in [2.75, 3.05) is 25.0 Å². The number of carbonyl (C=O) groups is 1. The van der Waals surface area contributed by atoms with Crippen LogP contribution in [0.25, 0.3) is 0 Å². The van der Waals surface area contributed by atoms with Gasteiger partial charge in [0.25, 0.3) is 0 Å². The summed E-state index contributed by atoms with van der Waals surface area (Å²) in [5, 5.41) is 3.27. The molecule has 4 heteroatoms. The van der Waals surface area contributed by atoms with Crippen LogP contribution in [0.2, 0.25) is 0 Å². The monoisotopic (exact) mass is 207 g/mol. The van der Waals surface area contributed by atoms with Crippen LogP contribution in [0.3, 0.4) is 0 Å². The van der Waals surface area contributed by atoms with E-state index in [1.807, 2.05) is 25.5 Å². The van der Waals surface area contributed by atoms with Crippen LogP contribution in [-0.2, 0) is 4.79 Å². The molecule has 1 aromatic heterocycles. The van der Waals surface area contributed by atoms with E-state index in [0.717, 1.165) is 31.6 Å². The zero-order valence-corrected chi connectivity index (χ0v) is 8.99. The van der Waals surface area contributed by atoms with Crippen molar-refractivity contribution in [1.82, 2.24) is 10.3 Å². The van der Waals surface area contributed by atoms with E-state index in [1.54, 1.807) is 4.90 Å². The molecule has 1 aliphatic heterocycles. The number of carbonyl (C=O) groups excluding carboxylic acids is 1. The van der Waals surface area contributed by atoms with E-state index in [4.69, 9.17) is 0 Å². The van der Waals surface area contributed by atoms with Gasteiger partial charge < -0.3 is 15.2 Å². The van der Waals surface area contributed by atoms with Crippen LogP contribution in [0, 0.1) is 5.92 Å². The molecule has 2 rings (SSSR count). The standard InChI is InChI=1S/C11H17N3O/c1-14(10-4-7-13-8-10)11(15)9-2-5-12-6-3-9/h4,7-9,12-13H,2-3,5-6H2,1H3. The quantitative estimate of drug-likeness (QED) is 0.759. The SMILES string of the molecule is CN(C(=O)C1CCNCC1)c1cc[nH]c1. The van der Waals surface area contributed by atoms with Gasteiger partial charge in [-0.3, -0.25) is 4.79 Å². The molecule has 1 aromatic rings. The molecule has 0 atom stereocenters. The highest BCUT2D eigenvalue weighted by atomic mass is 16.2. The van der Waals surface area contributed by atoms with Gasteiger partial charge in [0, 0.05) is 25.4 Å². The molecule has 4 nitrogen and oxygen atoms in total. The van der Waals surface area contributed by atoms with Gasteiger partial charge in [0.2, 0.25) is 5.91 Å². The first-order valence-electron chi connectivity index (χ1n) is 5.40. The van der Waals surface area contributed by atoms with E-state index in [9.17, 15) is 4.79 Å². The van der Waals surface area contributed by atoms with Crippen molar-refractivity contribution < 1.29 is 4.79 Å². The number of piperidine rings is 1. The lowest BCUT2D eigenvalue weighted by molar-refractivity contribution is -0.122. The Kier molecular flexibility index (Phi) is 3.06. The fraction of sp³-hybridized carbons (Fsp3) is 0.545. The Bertz CT molecular complexity index is 315. The number of amides is 1. The van der Waals surface area contributed by atoms with Gasteiger partial charge in [-0.05, 0) is 32.0 Å². The first-order chi connectivity index (χ1) is 7.29. The van der Waals surface area contributed by atoms with Gasteiger partial charge in [-0.2, -0.15) is 0 Å². The molecular weight excluding hydrogens is 190 g/mol. The molecule has 0 aromatic carbocycles. The van der Waals surface area contributed by atoms with Gasteiger partial charge in [-0.15, -0.1) is 0 Å². The van der Waals surface area contributed by atoms with Crippen LogP contribution in [0.15, 0.2) is 18.5 Å². The molecule has 15 heavy (non-hydrogen) atoms. The summed E-state index contributed by atoms with van der Waals surface area (Å²) < 4.78 is 0. The Balaban J connectivity index is 2.00. The number of anilines is 1. The zero-order chi connectivity index (χ0) is 10.7. The van der Waals surface area contributed by atoms with Crippen molar-refractivity contribution in [3.63, 3.8) is 0 Å². The Hall–Kier alpha value is -1.29. The Morgan fingerprint density at radius 1 is 1.47 bits per heavy atom. The predicted octanol–water partition coefficient (Wildman–Crippen LogP) is 0.977. The molecule has 0 bridgehead atoms. The average molecular weight is 207 g/mol. The van der Waals surface area contributed by atoms with E-state index in [0.29, 0.717) is 0 Å². The summed E-state index contributed by atoms with van der Waals surface area (Å²) in [6, 6.07) is 1.92. The Morgan fingerprint density at radius 3 is 2.80 bits per heavy atom. The highest BCUT2D eigenvalue weighted by molar-refractivity contribution is 5.94. The molecule has 0 spiro atoms. The Morgan fingerprint density at radius 2 is 2.20 bits per heavy atom. The smallest absolute Gasteiger partial charge is 0.229 e. The lowest BCUT2D eigenvalue weighted by Crippen LogP contribution is -2.39. The summed E-state index contributed by atoms with van der Waals surface area (Å²) in [4.78, 5) is 16.8. The van der Waals surface area contributed by atoms with Crippen LogP contribution in [0.5, 0.6) is 0 Å². The summed E-state index contributed by atoms with van der Waals surface area (Å²) in [7, 11) is 1.84. The van der Waals surface area contributed by atoms with Crippen molar-refractivity contribution in [3.05, 3.63) is 18.5 Å². The lowest BCUT2D eigenvalue weighted by Gasteiger charge is -2.26. The number of aromatic amines is 1. The van der Waals surface area contributed by atoms with Crippen molar-refractivity contribution in [3.8, 4) is 0 Å². The second-order valence-electron chi connectivity index (χ2n) is 3.99. The van der Waals surface area contributed by atoms with Crippen LogP contribution in [-0.4, -0.2) is 31.0 Å². The largest absolute Gasteiger partial charge is 0.366 e. The maximum atomic E-state index is 12.1. The van der Waals surface area contributed by atoms with Crippen LogP contribution in [0.1, 0.15) is 12.8 Å². The number of rotatable bonds is 2. The minimum Gasteiger partial charge on any atom is -0.366 e. The normalized spacial score (nSPS) is 17.7. The first-order valence-corrected chi connectivity index (χ1v) is 5.40. The number of nitrogens with zero attached hydrogens (tertiary/aromatic N) is 1. The van der Waals surface area contributed by atoms with E-state index in [1.165, 1.54) is 0 Å². The van der Waals surface area contributed by atoms with Gasteiger partial charge in [-0.25, -0.2) is 0 Å². The molecular formula is C11H17N3O. The van der Waals surface area contributed by atoms with Gasteiger partial charge in [0.1, 0.15) is 0 Å². The lowest BCUT2D eigenvalue weighted by atomic mass is 9.96. The number of hydrogen-bond acceptors (Lipinski definition) is 2. The molecule has 1 amide bonds. The van der Waals surface area contributed by atoms with Crippen LogP contribution >= 0.6 is 0 Å². The number of hydrogen-bond donors (Lipinski definition) is 2. The molecule has 0 aliphatic carbocycles. The highest BCUT2D eigenvalue weighted by Crippen LogP contribution is 2.19. The summed E-state index contributed by atoms with van der Waals surface area (Å²) >= 11 is 0. The molecule has 2 N–H and O–H groups in total. The van der Waals surface area contributed by atoms with Gasteiger partial charge >= 0.3 is 0 Å². The van der Waals surface area contributed by atoms with E-state index >= 15 is 0 Å². The highest BCUT2D eigenvalue weighted by Gasteiger charge is 2.24. The van der Waals surface area contributed by atoms with Crippen molar-refractivity contribution in [2.24, 2.45) is 5.92 Å². The van der Waals surface area contributed by atoms with E-state index in [2.05, 4.69) is 10.3 Å². The van der Waals surface area contributed by atoms with Gasteiger partial charge in [-0.1, -0.05) is 0 Å². The first kappa shape index (κ1) is 10.2. The zero-order valence-electron chi connectivity index (χ0n) is 8.99. The maximum Gasteiger partial charge on any atom is 0.229 e. The van der Waals surface area contributed by atoms with E-state index in [-0.39, 0.29) is 11.8 Å². The maximum absolute atomic E-state index is 12.1. The summed E-state index contributed by atoms with van der Waals surface area (Å²) in [6.07, 6.45) is 5.59. The summed E-state index contributed by atoms with van der Waals surface area (Å²) in [5.41, 5.74) is 0.943. The average Bonchev–Trinajstić information content (AvgIpc) is 2.82. The molecule has 0 saturated carbocycles. The van der Waals surface area contributed by atoms with Crippen LogP contribution < -0.4 is 10.2 Å². The predicted molar refractivity (Wildman–Crippen MR) is 59.8 cm³/mol. The van der Waals surface area contributed by atoms with Gasteiger partial charge in [0.15, 0.2) is 0 Å². The summed E-state index contributed by atoms with van der Waals surface area (Å²) in [5.74, 6) is 0.419. The third-order valence-corrected chi connectivity index (χ3v) is 2.99. The second-order valence-corrected chi connectivity index (χ2v) is 3.99. The topological polar surface area (TPSA) is 48.1 Å². The van der Waals surface area contributed by atoms with E-state index < -0.39 is 0 Å². The van der Waals surface area contributed by atoms with Crippen molar-refractivity contribution >= 4 is 11.6 Å². The molecule has 0 unspecified atom stereocenters. The minimum absolute atomic E-state index is 0.186. The van der Waals surface area contributed by atoms with Crippen molar-refractivity contribution in [1.29, 1.82) is 0 Å². The number of H-pyrrole nitrogens is 1. The van der Waals surface area contributed by atoms with Crippen LogP contribution in [0.4, 0.5) is 5.69 Å². The molecule has 0 radical (unpaired) electrons. The second kappa shape index (κ2) is 4.49. The number of aromatic nitrogens is 1. The summed E-state index contributed by atoms with van der Waals surface area (Å²) in [6.45, 7) is 1.91. The fourth-order valence-corrected chi connectivity index (χ4v) is 1.99. The Labute approximate surface area is 89.7 Å². The van der Waals surface area contributed by atoms with Crippen molar-refractivity contribution in [2.45, 2.75) is 12.8 Å². The molecule has 1 aliphatic rings.